The number of carbonyl (C=O) groups is 2. The molecule has 0 radical (unpaired) electrons. The first-order valence-corrected chi connectivity index (χ1v) is 10.3. The van der Waals surface area contributed by atoms with Gasteiger partial charge in [0.1, 0.15) is 0 Å². The Bertz CT molecular complexity index is 934. The minimum atomic E-state index is -0.166. The monoisotopic (exact) mass is 449 g/mol. The number of nitrogens with zero attached hydrogens (tertiary/aromatic N) is 1. The summed E-state index contributed by atoms with van der Waals surface area (Å²) in [5, 5.41) is 8.15. The van der Waals surface area contributed by atoms with Crippen LogP contribution in [0.25, 0.3) is 11.3 Å². The highest BCUT2D eigenvalue weighted by Crippen LogP contribution is 2.28. The molecule has 0 aliphatic heterocycles. The zero-order valence-corrected chi connectivity index (χ0v) is 17.3. The van der Waals surface area contributed by atoms with Crippen LogP contribution in [0.1, 0.15) is 35.1 Å². The van der Waals surface area contributed by atoms with E-state index in [0.29, 0.717) is 10.0 Å². The Labute approximate surface area is 167 Å². The van der Waals surface area contributed by atoms with E-state index in [1.54, 1.807) is 6.07 Å². The number of hydrogen-bond acceptors (Lipinski definition) is 5. The molecule has 0 saturated carbocycles. The Morgan fingerprint density at radius 1 is 1.15 bits per heavy atom. The van der Waals surface area contributed by atoms with Gasteiger partial charge in [-0.1, -0.05) is 24.3 Å². The molecule has 0 spiro atoms. The highest BCUT2D eigenvalue weighted by molar-refractivity contribution is 9.11. The molecule has 2 heterocycles. The molecule has 0 bridgehead atoms. The van der Waals surface area contributed by atoms with E-state index in [2.05, 4.69) is 31.5 Å². The molecule has 2 aromatic heterocycles. The average Bonchev–Trinajstić information content (AvgIpc) is 3.23. The van der Waals surface area contributed by atoms with Crippen molar-refractivity contribution in [2.75, 3.05) is 5.32 Å². The topological polar surface area (TPSA) is 71.1 Å². The van der Waals surface area contributed by atoms with Gasteiger partial charge in [-0.05, 0) is 40.5 Å². The van der Waals surface area contributed by atoms with Crippen molar-refractivity contribution in [1.82, 2.24) is 10.3 Å². The van der Waals surface area contributed by atoms with Gasteiger partial charge in [0.05, 0.1) is 20.4 Å². The Morgan fingerprint density at radius 2 is 1.88 bits per heavy atom. The molecule has 0 aliphatic rings. The van der Waals surface area contributed by atoms with E-state index in [9.17, 15) is 9.59 Å². The van der Waals surface area contributed by atoms with Crippen molar-refractivity contribution < 1.29 is 9.59 Å². The smallest absolute Gasteiger partial charge is 0.267 e. The minimum Gasteiger partial charge on any atom is -0.350 e. The van der Waals surface area contributed by atoms with Gasteiger partial charge in [0.2, 0.25) is 5.91 Å². The quantitative estimate of drug-likeness (QED) is 0.569. The fraction of sp³-hybridized carbons (Fsp3) is 0.167. The Morgan fingerprint density at radius 3 is 2.50 bits per heavy atom. The first-order chi connectivity index (χ1) is 12.4. The number of anilines is 1. The Balaban J connectivity index is 1.69. The van der Waals surface area contributed by atoms with Crippen molar-refractivity contribution >= 4 is 55.5 Å². The standard InChI is InChI=1S/C18H16BrN3O2S2/c1-10(20-11(2)23)12-3-5-13(6-4-12)14-9-25-18(21-14)22-17(24)15-7-8-16(19)26-15/h3-10H,1-2H3,(H,20,23)(H,21,22,24). The van der Waals surface area contributed by atoms with Gasteiger partial charge in [-0.2, -0.15) is 0 Å². The summed E-state index contributed by atoms with van der Waals surface area (Å²) in [4.78, 5) is 28.5. The Kier molecular flexibility index (Phi) is 5.85. The van der Waals surface area contributed by atoms with Crippen LogP contribution in [0.2, 0.25) is 0 Å². The molecule has 0 saturated heterocycles. The van der Waals surface area contributed by atoms with Crippen LogP contribution < -0.4 is 10.6 Å². The highest BCUT2D eigenvalue weighted by Gasteiger charge is 2.12. The van der Waals surface area contributed by atoms with Crippen molar-refractivity contribution in [3.05, 3.63) is 56.0 Å². The van der Waals surface area contributed by atoms with Crippen LogP contribution in [0.5, 0.6) is 0 Å². The van der Waals surface area contributed by atoms with Crippen LogP contribution in [0.15, 0.2) is 45.6 Å². The van der Waals surface area contributed by atoms with Gasteiger partial charge in [0.15, 0.2) is 5.13 Å². The third-order valence-electron chi connectivity index (χ3n) is 3.65. The lowest BCUT2D eigenvalue weighted by atomic mass is 10.1. The van der Waals surface area contributed by atoms with Crippen molar-refractivity contribution in [3.63, 3.8) is 0 Å². The molecule has 2 amide bonds. The number of amides is 2. The first-order valence-electron chi connectivity index (χ1n) is 7.82. The summed E-state index contributed by atoms with van der Waals surface area (Å²) in [6.07, 6.45) is 0. The summed E-state index contributed by atoms with van der Waals surface area (Å²) in [7, 11) is 0. The number of thiophene rings is 1. The predicted molar refractivity (Wildman–Crippen MR) is 110 cm³/mol. The number of carbonyl (C=O) groups excluding carboxylic acids is 2. The third-order valence-corrected chi connectivity index (χ3v) is 6.03. The SMILES string of the molecule is CC(=O)NC(C)c1ccc(-c2csc(NC(=O)c3ccc(Br)s3)n2)cc1. The van der Waals surface area contributed by atoms with Crippen molar-refractivity contribution in [2.45, 2.75) is 19.9 Å². The van der Waals surface area contributed by atoms with Crippen molar-refractivity contribution in [3.8, 4) is 11.3 Å². The lowest BCUT2D eigenvalue weighted by Gasteiger charge is -2.12. The molecule has 3 aromatic rings. The van der Waals surface area contributed by atoms with Crippen LogP contribution in [0.4, 0.5) is 5.13 Å². The van der Waals surface area contributed by atoms with Gasteiger partial charge in [-0.3, -0.25) is 14.9 Å². The second-order valence-electron chi connectivity index (χ2n) is 5.64. The van der Waals surface area contributed by atoms with E-state index < -0.39 is 0 Å². The maximum atomic E-state index is 12.2. The molecule has 26 heavy (non-hydrogen) atoms. The number of rotatable bonds is 5. The first kappa shape index (κ1) is 18.8. The van der Waals surface area contributed by atoms with Crippen LogP contribution in [-0.2, 0) is 4.79 Å². The molecule has 134 valence electrons. The average molecular weight is 450 g/mol. The van der Waals surface area contributed by atoms with Crippen LogP contribution in [0, 0.1) is 0 Å². The van der Waals surface area contributed by atoms with Gasteiger partial charge in [0.25, 0.3) is 5.91 Å². The summed E-state index contributed by atoms with van der Waals surface area (Å²) >= 11 is 6.12. The second-order valence-corrected chi connectivity index (χ2v) is 8.96. The number of halogens is 1. The van der Waals surface area contributed by atoms with Gasteiger partial charge < -0.3 is 5.32 Å². The number of hydrogen-bond donors (Lipinski definition) is 2. The lowest BCUT2D eigenvalue weighted by molar-refractivity contribution is -0.119. The van der Waals surface area contributed by atoms with Crippen molar-refractivity contribution in [1.29, 1.82) is 0 Å². The molecule has 0 aliphatic carbocycles. The molecule has 2 N–H and O–H groups in total. The van der Waals surface area contributed by atoms with Gasteiger partial charge >= 0.3 is 0 Å². The maximum Gasteiger partial charge on any atom is 0.267 e. The van der Waals surface area contributed by atoms with E-state index in [4.69, 9.17) is 0 Å². The van der Waals surface area contributed by atoms with Crippen LogP contribution in [-0.4, -0.2) is 16.8 Å². The zero-order chi connectivity index (χ0) is 18.7. The molecule has 8 heteroatoms. The van der Waals surface area contributed by atoms with Gasteiger partial charge in [-0.25, -0.2) is 4.98 Å². The molecule has 3 rings (SSSR count). The zero-order valence-electron chi connectivity index (χ0n) is 14.1. The summed E-state index contributed by atoms with van der Waals surface area (Å²) in [6, 6.07) is 11.4. The largest absolute Gasteiger partial charge is 0.350 e. The van der Waals surface area contributed by atoms with Gasteiger partial charge in [0, 0.05) is 17.9 Å². The van der Waals surface area contributed by atoms with Crippen molar-refractivity contribution in [2.24, 2.45) is 0 Å². The summed E-state index contributed by atoms with van der Waals surface area (Å²) in [6.45, 7) is 3.45. The number of benzene rings is 1. The fourth-order valence-corrected chi connectivity index (χ4v) is 4.39. The molecular formula is C18H16BrN3O2S2. The maximum absolute atomic E-state index is 12.2. The highest BCUT2D eigenvalue weighted by atomic mass is 79.9. The summed E-state index contributed by atoms with van der Waals surface area (Å²) in [5.41, 5.74) is 2.78. The van der Waals surface area contributed by atoms with Crippen LogP contribution >= 0.6 is 38.6 Å². The second kappa shape index (κ2) is 8.11. The number of nitrogens with one attached hydrogen (secondary N) is 2. The van der Waals surface area contributed by atoms with E-state index in [1.165, 1.54) is 29.6 Å². The van der Waals surface area contributed by atoms with E-state index in [-0.39, 0.29) is 17.9 Å². The lowest BCUT2D eigenvalue weighted by Crippen LogP contribution is -2.23. The molecule has 1 aromatic carbocycles. The van der Waals surface area contributed by atoms with Crippen LogP contribution in [0.3, 0.4) is 0 Å². The molecule has 0 fully saturated rings. The number of aromatic nitrogens is 1. The van der Waals surface area contributed by atoms with E-state index in [0.717, 1.165) is 20.6 Å². The summed E-state index contributed by atoms with van der Waals surface area (Å²) in [5.74, 6) is -0.222. The minimum absolute atomic E-state index is 0.0445. The predicted octanol–water partition coefficient (Wildman–Crippen LogP) is 5.08. The third kappa shape index (κ3) is 4.57. The molecular weight excluding hydrogens is 434 g/mol. The molecule has 1 unspecified atom stereocenters. The van der Waals surface area contributed by atoms with Gasteiger partial charge in [-0.15, -0.1) is 22.7 Å². The normalized spacial score (nSPS) is 11.8. The fourth-order valence-electron chi connectivity index (χ4n) is 2.39. The van der Waals surface area contributed by atoms with E-state index >= 15 is 0 Å². The van der Waals surface area contributed by atoms with E-state index in [1.807, 2.05) is 42.6 Å². The molecule has 1 atom stereocenters. The number of thiazole rings is 1. The molecule has 5 nitrogen and oxygen atoms in total. The summed E-state index contributed by atoms with van der Waals surface area (Å²) < 4.78 is 0.913. The Hall–Kier alpha value is -2.03.